The Morgan fingerprint density at radius 1 is 1.14 bits per heavy atom. The fraction of sp³-hybridized carbons (Fsp3) is 0.625. The Balaban J connectivity index is 2.41. The SMILES string of the molecule is CCCCC(CC)C(=O)n1nc(OCC(C)C)nc1-c1ccc(C(C)(C)C)cc1. The van der Waals surface area contributed by atoms with Crippen LogP contribution in [-0.2, 0) is 5.41 Å². The second-order valence-electron chi connectivity index (χ2n) is 9.25. The predicted molar refractivity (Wildman–Crippen MR) is 118 cm³/mol. The van der Waals surface area contributed by atoms with Crippen LogP contribution in [0.1, 0.15) is 84.5 Å². The fourth-order valence-electron chi connectivity index (χ4n) is 3.18. The summed E-state index contributed by atoms with van der Waals surface area (Å²) in [6, 6.07) is 8.51. The van der Waals surface area contributed by atoms with Gasteiger partial charge in [0.15, 0.2) is 5.82 Å². The summed E-state index contributed by atoms with van der Waals surface area (Å²) in [5.74, 6) is 0.870. The molecule has 0 saturated carbocycles. The van der Waals surface area contributed by atoms with E-state index in [9.17, 15) is 4.79 Å². The largest absolute Gasteiger partial charge is 0.462 e. The van der Waals surface area contributed by atoms with Crippen LogP contribution in [0, 0.1) is 11.8 Å². The van der Waals surface area contributed by atoms with Gasteiger partial charge in [-0.3, -0.25) is 4.79 Å². The Morgan fingerprint density at radius 3 is 2.31 bits per heavy atom. The maximum absolute atomic E-state index is 13.3. The van der Waals surface area contributed by atoms with Crippen LogP contribution >= 0.6 is 0 Å². The summed E-state index contributed by atoms with van der Waals surface area (Å²) >= 11 is 0. The number of carbonyl (C=O) groups is 1. The van der Waals surface area contributed by atoms with Crippen LogP contribution in [0.5, 0.6) is 6.01 Å². The lowest BCUT2D eigenvalue weighted by molar-refractivity contribution is 0.0804. The molecule has 1 heterocycles. The van der Waals surface area contributed by atoms with Crippen molar-refractivity contribution in [2.75, 3.05) is 6.61 Å². The monoisotopic (exact) mass is 399 g/mol. The molecule has 1 atom stereocenters. The number of carbonyl (C=O) groups excluding carboxylic acids is 1. The number of benzene rings is 1. The van der Waals surface area contributed by atoms with Crippen molar-refractivity contribution in [2.45, 2.75) is 79.6 Å². The molecule has 0 aliphatic carbocycles. The van der Waals surface area contributed by atoms with Crippen molar-refractivity contribution < 1.29 is 9.53 Å². The van der Waals surface area contributed by atoms with Crippen LogP contribution in [0.2, 0.25) is 0 Å². The Hall–Kier alpha value is -2.17. The number of nitrogens with zero attached hydrogens (tertiary/aromatic N) is 3. The third-order valence-corrected chi connectivity index (χ3v) is 5.10. The highest BCUT2D eigenvalue weighted by molar-refractivity contribution is 5.84. The summed E-state index contributed by atoms with van der Waals surface area (Å²) in [5.41, 5.74) is 2.19. The minimum Gasteiger partial charge on any atom is -0.462 e. The summed E-state index contributed by atoms with van der Waals surface area (Å²) in [5, 5.41) is 4.44. The van der Waals surface area contributed by atoms with Gasteiger partial charge in [0, 0.05) is 11.5 Å². The first kappa shape index (κ1) is 23.1. The molecule has 29 heavy (non-hydrogen) atoms. The lowest BCUT2D eigenvalue weighted by Gasteiger charge is -2.19. The third-order valence-electron chi connectivity index (χ3n) is 5.10. The Kier molecular flexibility index (Phi) is 8.00. The second kappa shape index (κ2) is 10.0. The number of hydrogen-bond acceptors (Lipinski definition) is 4. The van der Waals surface area contributed by atoms with E-state index in [-0.39, 0.29) is 23.3 Å². The van der Waals surface area contributed by atoms with Crippen molar-refractivity contribution in [1.82, 2.24) is 14.8 Å². The molecule has 160 valence electrons. The van der Waals surface area contributed by atoms with Gasteiger partial charge >= 0.3 is 6.01 Å². The molecule has 0 aliphatic rings. The van der Waals surface area contributed by atoms with Crippen molar-refractivity contribution in [2.24, 2.45) is 11.8 Å². The van der Waals surface area contributed by atoms with Crippen molar-refractivity contribution in [3.63, 3.8) is 0 Å². The molecule has 0 amide bonds. The molecule has 0 spiro atoms. The summed E-state index contributed by atoms with van der Waals surface area (Å²) < 4.78 is 7.20. The van der Waals surface area contributed by atoms with E-state index in [0.717, 1.165) is 31.2 Å². The minimum atomic E-state index is -0.0535. The molecule has 1 aromatic carbocycles. The molecule has 0 bridgehead atoms. The predicted octanol–water partition coefficient (Wildman–Crippen LogP) is 6.13. The average Bonchev–Trinajstić information content (AvgIpc) is 3.10. The molecule has 0 fully saturated rings. The van der Waals surface area contributed by atoms with Crippen LogP contribution in [0.15, 0.2) is 24.3 Å². The molecule has 1 aromatic heterocycles. The first-order valence-corrected chi connectivity index (χ1v) is 10.9. The highest BCUT2D eigenvalue weighted by Crippen LogP contribution is 2.27. The quantitative estimate of drug-likeness (QED) is 0.508. The van der Waals surface area contributed by atoms with Gasteiger partial charge in [0.05, 0.1) is 6.61 Å². The van der Waals surface area contributed by atoms with Crippen LogP contribution in [0.25, 0.3) is 11.4 Å². The molecule has 0 N–H and O–H groups in total. The number of aromatic nitrogens is 3. The van der Waals surface area contributed by atoms with Crippen molar-refractivity contribution in [1.29, 1.82) is 0 Å². The maximum atomic E-state index is 13.3. The maximum Gasteiger partial charge on any atom is 0.336 e. The van der Waals surface area contributed by atoms with E-state index in [1.807, 2.05) is 12.1 Å². The van der Waals surface area contributed by atoms with Crippen LogP contribution < -0.4 is 4.74 Å². The topological polar surface area (TPSA) is 57.0 Å². The van der Waals surface area contributed by atoms with Crippen molar-refractivity contribution in [3.05, 3.63) is 29.8 Å². The molecule has 5 heteroatoms. The van der Waals surface area contributed by atoms with Crippen molar-refractivity contribution in [3.8, 4) is 17.4 Å². The van der Waals surface area contributed by atoms with Gasteiger partial charge in [-0.05, 0) is 29.7 Å². The van der Waals surface area contributed by atoms with E-state index in [0.29, 0.717) is 18.3 Å². The van der Waals surface area contributed by atoms with E-state index in [1.54, 1.807) is 0 Å². The summed E-state index contributed by atoms with van der Waals surface area (Å²) in [4.78, 5) is 17.8. The summed E-state index contributed by atoms with van der Waals surface area (Å²) in [7, 11) is 0. The molecule has 5 nitrogen and oxygen atoms in total. The zero-order valence-corrected chi connectivity index (χ0v) is 19.2. The van der Waals surface area contributed by atoms with Crippen LogP contribution in [0.4, 0.5) is 0 Å². The lowest BCUT2D eigenvalue weighted by Crippen LogP contribution is -2.23. The highest BCUT2D eigenvalue weighted by Gasteiger charge is 2.25. The smallest absolute Gasteiger partial charge is 0.336 e. The van der Waals surface area contributed by atoms with E-state index in [2.05, 4.69) is 70.7 Å². The molecular formula is C24H37N3O2. The van der Waals surface area contributed by atoms with Gasteiger partial charge in [0.25, 0.3) is 5.91 Å². The minimum absolute atomic E-state index is 0.00254. The highest BCUT2D eigenvalue weighted by atomic mass is 16.5. The summed E-state index contributed by atoms with van der Waals surface area (Å²) in [6.07, 6.45) is 3.77. The van der Waals surface area contributed by atoms with Crippen LogP contribution in [0.3, 0.4) is 0 Å². The van der Waals surface area contributed by atoms with Crippen LogP contribution in [-0.4, -0.2) is 27.3 Å². The van der Waals surface area contributed by atoms with E-state index in [4.69, 9.17) is 4.74 Å². The molecule has 2 aromatic rings. The number of rotatable bonds is 9. The van der Waals surface area contributed by atoms with Gasteiger partial charge in [-0.2, -0.15) is 9.67 Å². The zero-order chi connectivity index (χ0) is 21.6. The normalized spacial score (nSPS) is 13.0. The van der Waals surface area contributed by atoms with Gasteiger partial charge in [-0.25, -0.2) is 0 Å². The molecule has 2 rings (SSSR count). The molecule has 1 unspecified atom stereocenters. The Morgan fingerprint density at radius 2 is 1.79 bits per heavy atom. The molecular weight excluding hydrogens is 362 g/mol. The van der Waals surface area contributed by atoms with E-state index < -0.39 is 0 Å². The fourth-order valence-corrected chi connectivity index (χ4v) is 3.18. The zero-order valence-electron chi connectivity index (χ0n) is 19.2. The molecule has 0 saturated heterocycles. The average molecular weight is 400 g/mol. The van der Waals surface area contributed by atoms with Gasteiger partial charge in [0.2, 0.25) is 0 Å². The van der Waals surface area contributed by atoms with Gasteiger partial charge in [0.1, 0.15) is 0 Å². The standard InChI is InChI=1S/C24H37N3O2/c1-8-10-11-18(9-2)22(28)27-21(25-23(26-27)29-16-17(3)4)19-12-14-20(15-13-19)24(5,6)7/h12-15,17-18H,8-11,16H2,1-7H3. The first-order valence-electron chi connectivity index (χ1n) is 10.9. The number of hydrogen-bond donors (Lipinski definition) is 0. The summed E-state index contributed by atoms with van der Waals surface area (Å²) in [6.45, 7) is 15.4. The lowest BCUT2D eigenvalue weighted by atomic mass is 9.86. The molecule has 0 aliphatic heterocycles. The second-order valence-corrected chi connectivity index (χ2v) is 9.25. The van der Waals surface area contributed by atoms with E-state index in [1.165, 1.54) is 10.2 Å². The third kappa shape index (κ3) is 6.15. The van der Waals surface area contributed by atoms with Gasteiger partial charge in [-0.1, -0.05) is 85.6 Å². The molecule has 0 radical (unpaired) electrons. The first-order chi connectivity index (χ1) is 13.7. The van der Waals surface area contributed by atoms with Gasteiger partial charge < -0.3 is 4.74 Å². The van der Waals surface area contributed by atoms with Crippen molar-refractivity contribution >= 4 is 5.91 Å². The number of unbranched alkanes of at least 4 members (excludes halogenated alkanes) is 1. The Bertz CT molecular complexity index is 785. The number of ether oxygens (including phenoxy) is 1. The van der Waals surface area contributed by atoms with Gasteiger partial charge in [-0.15, -0.1) is 5.10 Å². The van der Waals surface area contributed by atoms with E-state index >= 15 is 0 Å². The Labute approximate surface area is 175 Å².